The van der Waals surface area contributed by atoms with E-state index in [1.807, 2.05) is 25.1 Å². The van der Waals surface area contributed by atoms with Crippen molar-refractivity contribution in [2.75, 3.05) is 19.8 Å². The van der Waals surface area contributed by atoms with Gasteiger partial charge in [-0.15, -0.1) is 0 Å². The Bertz CT molecular complexity index is 553. The predicted molar refractivity (Wildman–Crippen MR) is 87.7 cm³/mol. The Morgan fingerprint density at radius 3 is 2.79 bits per heavy atom. The fourth-order valence-corrected chi connectivity index (χ4v) is 2.30. The molecule has 1 aromatic heterocycles. The summed E-state index contributed by atoms with van der Waals surface area (Å²) in [6, 6.07) is 5.65. The number of unbranched alkanes of at least 4 members (excludes halogenated alkanes) is 1. The van der Waals surface area contributed by atoms with Crippen molar-refractivity contribution in [3.8, 4) is 0 Å². The molecule has 2 rings (SSSR count). The third-order valence-corrected chi connectivity index (χ3v) is 3.91. The van der Waals surface area contributed by atoms with E-state index in [0.717, 1.165) is 30.7 Å². The first-order valence-corrected chi connectivity index (χ1v) is 8.10. The molecule has 1 aliphatic heterocycles. The van der Waals surface area contributed by atoms with E-state index in [1.165, 1.54) is 6.92 Å². The van der Waals surface area contributed by atoms with Crippen LogP contribution in [0, 0.1) is 5.92 Å². The summed E-state index contributed by atoms with van der Waals surface area (Å²) in [6.07, 6.45) is 4.44. The van der Waals surface area contributed by atoms with Gasteiger partial charge in [0.25, 0.3) is 5.79 Å². The number of pyridine rings is 1. The summed E-state index contributed by atoms with van der Waals surface area (Å²) in [6.45, 7) is 4.63. The number of aromatic nitrogens is 1. The van der Waals surface area contributed by atoms with Crippen molar-refractivity contribution in [1.82, 2.24) is 4.98 Å². The molecule has 1 aliphatic rings. The largest absolute Gasteiger partial charge is 0.477 e. The molecule has 0 bridgehead atoms. The molecule has 7 heteroatoms. The van der Waals surface area contributed by atoms with E-state index in [9.17, 15) is 4.79 Å². The number of hydrogen-bond acceptors (Lipinski definition) is 6. The molecule has 132 valence electrons. The van der Waals surface area contributed by atoms with Crippen LogP contribution in [-0.2, 0) is 19.1 Å². The minimum absolute atomic E-state index is 0.219. The van der Waals surface area contributed by atoms with Gasteiger partial charge in [-0.3, -0.25) is 4.98 Å². The Morgan fingerprint density at radius 1 is 1.42 bits per heavy atom. The average Bonchev–Trinajstić information content (AvgIpc) is 2.60. The second-order valence-electron chi connectivity index (χ2n) is 5.96. The first-order valence-electron chi connectivity index (χ1n) is 8.10. The molecule has 0 aromatic carbocycles. The van der Waals surface area contributed by atoms with Gasteiger partial charge >= 0.3 is 5.97 Å². The van der Waals surface area contributed by atoms with Crippen LogP contribution >= 0.6 is 0 Å². The number of carboxylic acid groups (broad SMARTS) is 1. The summed E-state index contributed by atoms with van der Waals surface area (Å²) in [7, 11) is 0. The topological polar surface area (TPSA) is 90.2 Å². The van der Waals surface area contributed by atoms with E-state index in [1.54, 1.807) is 6.20 Å². The van der Waals surface area contributed by atoms with Crippen LogP contribution in [0.5, 0.6) is 0 Å². The van der Waals surface area contributed by atoms with Crippen molar-refractivity contribution in [2.24, 2.45) is 11.1 Å². The maximum absolute atomic E-state index is 11.0. The zero-order valence-corrected chi connectivity index (χ0v) is 14.1. The first-order chi connectivity index (χ1) is 11.5. The highest BCUT2D eigenvalue weighted by molar-refractivity contribution is 5.96. The van der Waals surface area contributed by atoms with Gasteiger partial charge in [-0.2, -0.15) is 0 Å². The van der Waals surface area contributed by atoms with Gasteiger partial charge in [-0.05, 0) is 38.3 Å². The lowest BCUT2D eigenvalue weighted by atomic mass is 10.0. The van der Waals surface area contributed by atoms with Crippen molar-refractivity contribution < 1.29 is 24.2 Å². The van der Waals surface area contributed by atoms with Gasteiger partial charge in [0, 0.05) is 19.0 Å². The zero-order valence-electron chi connectivity index (χ0n) is 14.1. The minimum atomic E-state index is -1.50. The van der Waals surface area contributed by atoms with Crippen molar-refractivity contribution in [3.05, 3.63) is 30.1 Å². The van der Waals surface area contributed by atoms with Crippen molar-refractivity contribution in [2.45, 2.75) is 38.9 Å². The van der Waals surface area contributed by atoms with Crippen LogP contribution in [-0.4, -0.2) is 47.4 Å². The third-order valence-electron chi connectivity index (χ3n) is 3.91. The Hall–Kier alpha value is -1.99. The highest BCUT2D eigenvalue weighted by atomic mass is 16.7. The van der Waals surface area contributed by atoms with E-state index < -0.39 is 11.8 Å². The number of oxime groups is 1. The number of nitrogens with zero attached hydrogens (tertiary/aromatic N) is 2. The lowest BCUT2D eigenvalue weighted by molar-refractivity contribution is -0.271. The van der Waals surface area contributed by atoms with E-state index in [0.29, 0.717) is 19.8 Å². The number of carbonyl (C=O) groups is 1. The van der Waals surface area contributed by atoms with Gasteiger partial charge in [-0.25, -0.2) is 4.79 Å². The maximum Gasteiger partial charge on any atom is 0.364 e. The van der Waals surface area contributed by atoms with Crippen LogP contribution in [0.2, 0.25) is 0 Å². The SMILES string of the molecule is C/C(=N/OCCCCC1COC(C)(C(=O)O)OC1)c1ccccn1. The van der Waals surface area contributed by atoms with Crippen LogP contribution in [0.15, 0.2) is 29.6 Å². The molecule has 0 spiro atoms. The van der Waals surface area contributed by atoms with Crippen molar-refractivity contribution in [3.63, 3.8) is 0 Å². The van der Waals surface area contributed by atoms with E-state index in [2.05, 4.69) is 10.1 Å². The molecule has 24 heavy (non-hydrogen) atoms. The quantitative estimate of drug-likeness (QED) is 0.445. The molecule has 2 heterocycles. The monoisotopic (exact) mass is 336 g/mol. The first kappa shape index (κ1) is 18.4. The number of carboxylic acids is 1. The average molecular weight is 336 g/mol. The molecule has 0 atom stereocenters. The molecule has 0 radical (unpaired) electrons. The highest BCUT2D eigenvalue weighted by Crippen LogP contribution is 2.24. The predicted octanol–water partition coefficient (Wildman–Crippen LogP) is 2.46. The van der Waals surface area contributed by atoms with Crippen molar-refractivity contribution >= 4 is 11.7 Å². The molecule has 1 fully saturated rings. The van der Waals surface area contributed by atoms with E-state index >= 15 is 0 Å². The second-order valence-corrected chi connectivity index (χ2v) is 5.96. The summed E-state index contributed by atoms with van der Waals surface area (Å²) >= 11 is 0. The van der Waals surface area contributed by atoms with Gasteiger partial charge < -0.3 is 19.4 Å². The van der Waals surface area contributed by atoms with Gasteiger partial charge in [-0.1, -0.05) is 11.2 Å². The van der Waals surface area contributed by atoms with Crippen LogP contribution in [0.25, 0.3) is 0 Å². The van der Waals surface area contributed by atoms with Crippen LogP contribution < -0.4 is 0 Å². The Balaban J connectivity index is 1.59. The molecular formula is C17H24N2O5. The normalized spacial score (nSPS) is 24.6. The maximum atomic E-state index is 11.0. The highest BCUT2D eigenvalue weighted by Gasteiger charge is 2.40. The summed E-state index contributed by atoms with van der Waals surface area (Å²) in [4.78, 5) is 20.5. The van der Waals surface area contributed by atoms with Crippen LogP contribution in [0.3, 0.4) is 0 Å². The smallest absolute Gasteiger partial charge is 0.364 e. The van der Waals surface area contributed by atoms with Crippen molar-refractivity contribution in [1.29, 1.82) is 0 Å². The Morgan fingerprint density at radius 2 is 2.17 bits per heavy atom. The lowest BCUT2D eigenvalue weighted by Crippen LogP contribution is -2.47. The molecular weight excluding hydrogens is 312 g/mol. The molecule has 1 aromatic rings. The molecule has 0 unspecified atom stereocenters. The standard InChI is InChI=1S/C17H24N2O5/c1-13(15-8-3-5-9-18-15)19-24-10-6-4-7-14-11-22-17(2,16(20)21)23-12-14/h3,5,8-9,14H,4,6-7,10-12H2,1-2H3,(H,20,21)/b19-13-. The Labute approximate surface area is 141 Å². The number of ether oxygens (including phenoxy) is 2. The van der Waals surface area contributed by atoms with Crippen LogP contribution in [0.4, 0.5) is 0 Å². The zero-order chi connectivity index (χ0) is 17.4. The molecule has 1 N–H and O–H groups in total. The fourth-order valence-electron chi connectivity index (χ4n) is 2.30. The summed E-state index contributed by atoms with van der Waals surface area (Å²) in [5.41, 5.74) is 1.55. The van der Waals surface area contributed by atoms with Gasteiger partial charge in [0.1, 0.15) is 12.3 Å². The number of aliphatic carboxylic acids is 1. The second kappa shape index (κ2) is 8.75. The van der Waals surface area contributed by atoms with Gasteiger partial charge in [0.2, 0.25) is 0 Å². The molecule has 0 saturated carbocycles. The number of rotatable bonds is 8. The third kappa shape index (κ3) is 5.28. The fraction of sp³-hybridized carbons (Fsp3) is 0.588. The molecule has 0 aliphatic carbocycles. The van der Waals surface area contributed by atoms with Crippen LogP contribution in [0.1, 0.15) is 38.8 Å². The Kier molecular flexibility index (Phi) is 6.69. The minimum Gasteiger partial charge on any atom is -0.477 e. The summed E-state index contributed by atoms with van der Waals surface area (Å²) < 4.78 is 10.6. The van der Waals surface area contributed by atoms with E-state index in [-0.39, 0.29) is 5.92 Å². The van der Waals surface area contributed by atoms with E-state index in [4.69, 9.17) is 19.4 Å². The molecule has 1 saturated heterocycles. The summed E-state index contributed by atoms with van der Waals surface area (Å²) in [5.74, 6) is -2.37. The van der Waals surface area contributed by atoms with Gasteiger partial charge in [0.05, 0.1) is 18.9 Å². The number of hydrogen-bond donors (Lipinski definition) is 1. The lowest BCUT2D eigenvalue weighted by Gasteiger charge is -2.34. The summed E-state index contributed by atoms with van der Waals surface area (Å²) in [5, 5.41) is 13.1. The molecule has 0 amide bonds. The van der Waals surface area contributed by atoms with Gasteiger partial charge in [0.15, 0.2) is 0 Å². The molecule has 7 nitrogen and oxygen atoms in total.